The van der Waals surface area contributed by atoms with Crippen LogP contribution in [0.3, 0.4) is 0 Å². The third kappa shape index (κ3) is 3.91. The Bertz CT molecular complexity index is 1010. The molecule has 0 spiro atoms. The Balaban J connectivity index is 1.25. The van der Waals surface area contributed by atoms with Crippen molar-refractivity contribution >= 4 is 17.5 Å². The van der Waals surface area contributed by atoms with E-state index >= 15 is 0 Å². The summed E-state index contributed by atoms with van der Waals surface area (Å²) in [6.45, 7) is 2.54. The Hall–Kier alpha value is -3.26. The van der Waals surface area contributed by atoms with Gasteiger partial charge in [0.15, 0.2) is 5.89 Å². The lowest BCUT2D eigenvalue weighted by molar-refractivity contribution is 0.0725. The Morgan fingerprint density at radius 2 is 1.87 bits per heavy atom. The first-order chi connectivity index (χ1) is 14.8. The van der Waals surface area contributed by atoms with Gasteiger partial charge >= 0.3 is 0 Å². The molecule has 2 aromatic heterocycles. The lowest BCUT2D eigenvalue weighted by atomic mass is 10.0. The van der Waals surface area contributed by atoms with Crippen molar-refractivity contribution in [3.05, 3.63) is 65.6 Å². The van der Waals surface area contributed by atoms with Gasteiger partial charge in [0.25, 0.3) is 5.91 Å². The number of benzene rings is 1. The van der Waals surface area contributed by atoms with Gasteiger partial charge in [0.2, 0.25) is 5.95 Å². The molecule has 0 saturated carbocycles. The van der Waals surface area contributed by atoms with E-state index in [1.165, 1.54) is 0 Å². The van der Waals surface area contributed by atoms with Gasteiger partial charge in [-0.1, -0.05) is 18.2 Å². The van der Waals surface area contributed by atoms with Crippen LogP contribution in [0.1, 0.15) is 46.5 Å². The summed E-state index contributed by atoms with van der Waals surface area (Å²) in [7, 11) is 0. The van der Waals surface area contributed by atoms with Gasteiger partial charge in [-0.15, -0.1) is 0 Å². The van der Waals surface area contributed by atoms with Crippen LogP contribution in [0.25, 0.3) is 0 Å². The van der Waals surface area contributed by atoms with Crippen molar-refractivity contribution in [1.29, 1.82) is 0 Å². The lowest BCUT2D eigenvalue weighted by Crippen LogP contribution is -2.36. The fourth-order valence-corrected chi connectivity index (χ4v) is 3.85. The molecule has 8 heteroatoms. The van der Waals surface area contributed by atoms with E-state index in [1.807, 2.05) is 30.3 Å². The zero-order chi connectivity index (χ0) is 20.3. The highest BCUT2D eigenvalue weighted by Gasteiger charge is 2.29. The zero-order valence-corrected chi connectivity index (χ0v) is 16.6. The van der Waals surface area contributed by atoms with Crippen LogP contribution in [0.4, 0.5) is 11.6 Å². The minimum atomic E-state index is -0.0949. The molecular weight excluding hydrogens is 382 g/mol. The number of ether oxygens (including phenoxy) is 1. The maximum atomic E-state index is 12.9. The molecule has 0 bridgehead atoms. The number of fused-ring (bicyclic) bond motifs is 1. The number of rotatable bonds is 4. The summed E-state index contributed by atoms with van der Waals surface area (Å²) in [5.41, 5.74) is 2.22. The summed E-state index contributed by atoms with van der Waals surface area (Å²) < 4.78 is 11.4. The quantitative estimate of drug-likeness (QED) is 0.712. The number of hydrogen-bond donors (Lipinski definition) is 1. The molecule has 0 radical (unpaired) electrons. The van der Waals surface area contributed by atoms with Crippen molar-refractivity contribution in [2.24, 2.45) is 0 Å². The maximum Gasteiger partial charge on any atom is 0.257 e. The molecule has 1 saturated heterocycles. The molecule has 5 rings (SSSR count). The second-order valence-corrected chi connectivity index (χ2v) is 7.57. The largest absolute Gasteiger partial charge is 0.445 e. The van der Waals surface area contributed by atoms with Gasteiger partial charge in [-0.2, -0.15) is 0 Å². The molecule has 3 aromatic rings. The van der Waals surface area contributed by atoms with Crippen LogP contribution in [0, 0.1) is 0 Å². The lowest BCUT2D eigenvalue weighted by Gasteiger charge is -2.25. The minimum absolute atomic E-state index is 0.0949. The van der Waals surface area contributed by atoms with Gasteiger partial charge < -0.3 is 19.4 Å². The molecule has 1 fully saturated rings. The first-order valence-electron chi connectivity index (χ1n) is 10.3. The molecule has 2 aliphatic heterocycles. The van der Waals surface area contributed by atoms with Gasteiger partial charge in [-0.3, -0.25) is 4.79 Å². The number of aromatic nitrogens is 3. The highest BCUT2D eigenvalue weighted by molar-refractivity contribution is 5.93. The summed E-state index contributed by atoms with van der Waals surface area (Å²) >= 11 is 0. The maximum absolute atomic E-state index is 12.9. The second-order valence-electron chi connectivity index (χ2n) is 7.57. The molecule has 0 aliphatic carbocycles. The molecule has 0 atom stereocenters. The molecule has 0 unspecified atom stereocenters. The molecule has 1 N–H and O–H groups in total. The number of para-hydroxylation sites is 1. The normalized spacial score (nSPS) is 16.9. The van der Waals surface area contributed by atoms with E-state index in [0.29, 0.717) is 36.9 Å². The van der Waals surface area contributed by atoms with Gasteiger partial charge in [-0.05, 0) is 25.0 Å². The Morgan fingerprint density at radius 1 is 1.10 bits per heavy atom. The smallest absolute Gasteiger partial charge is 0.257 e. The minimum Gasteiger partial charge on any atom is -0.445 e. The number of hydrogen-bond acceptors (Lipinski definition) is 7. The van der Waals surface area contributed by atoms with Crippen LogP contribution in [-0.2, 0) is 17.7 Å². The standard InChI is InChI=1S/C22H23N5O3/c28-21(16-12-23-22(24-13-16)25-17-4-2-1-3-5-17)27-9-6-19-18(14-27)26-20(30-19)15-7-10-29-11-8-15/h1-5,12-13,15H,6-11,14H2,(H,23,24,25). The monoisotopic (exact) mass is 405 g/mol. The van der Waals surface area contributed by atoms with Crippen molar-refractivity contribution in [3.8, 4) is 0 Å². The number of carbonyl (C=O) groups excluding carboxylic acids is 1. The topological polar surface area (TPSA) is 93.4 Å². The fourth-order valence-electron chi connectivity index (χ4n) is 3.85. The van der Waals surface area contributed by atoms with Crippen LogP contribution in [-0.4, -0.2) is 45.5 Å². The summed E-state index contributed by atoms with van der Waals surface area (Å²) in [6.07, 6.45) is 5.66. The number of nitrogens with one attached hydrogen (secondary N) is 1. The first kappa shape index (κ1) is 18.7. The number of oxazole rings is 1. The molecule has 1 aromatic carbocycles. The molecule has 30 heavy (non-hydrogen) atoms. The van der Waals surface area contributed by atoms with Crippen LogP contribution < -0.4 is 5.32 Å². The van der Waals surface area contributed by atoms with E-state index in [0.717, 1.165) is 49.1 Å². The SMILES string of the molecule is O=C(c1cnc(Nc2ccccc2)nc1)N1CCc2oc(C3CCOCC3)nc2C1. The Kier molecular flexibility index (Phi) is 5.15. The zero-order valence-electron chi connectivity index (χ0n) is 16.6. The van der Waals surface area contributed by atoms with Crippen molar-refractivity contribution in [2.45, 2.75) is 31.7 Å². The average Bonchev–Trinajstić information content (AvgIpc) is 3.24. The summed E-state index contributed by atoms with van der Waals surface area (Å²) in [5.74, 6) is 2.36. The Labute approximate surface area is 174 Å². The first-order valence-corrected chi connectivity index (χ1v) is 10.3. The molecule has 1 amide bonds. The van der Waals surface area contributed by atoms with E-state index in [1.54, 1.807) is 17.3 Å². The average molecular weight is 405 g/mol. The van der Waals surface area contributed by atoms with Gasteiger partial charge in [0.1, 0.15) is 11.5 Å². The van der Waals surface area contributed by atoms with Crippen molar-refractivity contribution < 1.29 is 13.9 Å². The molecule has 154 valence electrons. The predicted octanol–water partition coefficient (Wildman–Crippen LogP) is 3.30. The number of carbonyl (C=O) groups is 1. The molecule has 4 heterocycles. The van der Waals surface area contributed by atoms with Crippen LogP contribution >= 0.6 is 0 Å². The van der Waals surface area contributed by atoms with Gasteiger partial charge in [-0.25, -0.2) is 15.0 Å². The van der Waals surface area contributed by atoms with Gasteiger partial charge in [0.05, 0.1) is 12.1 Å². The van der Waals surface area contributed by atoms with Gasteiger partial charge in [0, 0.05) is 50.2 Å². The molecule has 2 aliphatic rings. The molecular formula is C22H23N5O3. The third-order valence-electron chi connectivity index (χ3n) is 5.53. The van der Waals surface area contributed by atoms with E-state index < -0.39 is 0 Å². The van der Waals surface area contributed by atoms with Crippen molar-refractivity contribution in [2.75, 3.05) is 25.1 Å². The van der Waals surface area contributed by atoms with Crippen molar-refractivity contribution in [1.82, 2.24) is 19.9 Å². The fraction of sp³-hybridized carbons (Fsp3) is 0.364. The second kappa shape index (κ2) is 8.23. The highest BCUT2D eigenvalue weighted by atomic mass is 16.5. The summed E-state index contributed by atoms with van der Waals surface area (Å²) in [5, 5.41) is 3.12. The van der Waals surface area contributed by atoms with E-state index in [9.17, 15) is 4.79 Å². The van der Waals surface area contributed by atoms with Crippen LogP contribution in [0.5, 0.6) is 0 Å². The van der Waals surface area contributed by atoms with Crippen LogP contribution in [0.2, 0.25) is 0 Å². The van der Waals surface area contributed by atoms with E-state index in [2.05, 4.69) is 15.3 Å². The Morgan fingerprint density at radius 3 is 2.63 bits per heavy atom. The summed E-state index contributed by atoms with van der Waals surface area (Å²) in [4.78, 5) is 28.0. The van der Waals surface area contributed by atoms with E-state index in [-0.39, 0.29) is 5.91 Å². The summed E-state index contributed by atoms with van der Waals surface area (Å²) in [6, 6.07) is 9.67. The number of nitrogens with zero attached hydrogens (tertiary/aromatic N) is 4. The van der Waals surface area contributed by atoms with E-state index in [4.69, 9.17) is 14.1 Å². The third-order valence-corrected chi connectivity index (χ3v) is 5.53. The number of amides is 1. The van der Waals surface area contributed by atoms with Crippen molar-refractivity contribution in [3.63, 3.8) is 0 Å². The molecule has 8 nitrogen and oxygen atoms in total. The predicted molar refractivity (Wildman–Crippen MR) is 109 cm³/mol. The number of anilines is 2. The highest BCUT2D eigenvalue weighted by Crippen LogP contribution is 2.30. The van der Waals surface area contributed by atoms with Crippen LogP contribution in [0.15, 0.2) is 47.1 Å².